The van der Waals surface area contributed by atoms with Crippen molar-refractivity contribution in [1.29, 1.82) is 0 Å². The van der Waals surface area contributed by atoms with E-state index in [-0.39, 0.29) is 11.9 Å². The van der Waals surface area contributed by atoms with Gasteiger partial charge in [-0.15, -0.1) is 0 Å². The molecule has 2 aliphatic rings. The van der Waals surface area contributed by atoms with Crippen molar-refractivity contribution in [2.24, 2.45) is 0 Å². The number of hydrogen-bond acceptors (Lipinski definition) is 5. The summed E-state index contributed by atoms with van der Waals surface area (Å²) in [4.78, 5) is 25.1. The van der Waals surface area contributed by atoms with Crippen LogP contribution in [0.2, 0.25) is 0 Å². The summed E-state index contributed by atoms with van der Waals surface area (Å²) in [5.41, 5.74) is 5.24. The minimum atomic E-state index is -0.250. The maximum atomic E-state index is 8.36. The standard InChI is InChI=1S/C23H27N5.CH2O2/c1-2-28-17-24-14-20(28)15-27-12-6-10-23(16-27)11-9-19-13-25-22(26-21(19)23)18-7-4-3-5-8-18;2-1-3/h3-5,7-8,13-14,17H,2,6,9-12,15-16H2,1H3;1H,(H,2,3). The average molecular weight is 420 g/mol. The van der Waals surface area contributed by atoms with Gasteiger partial charge in [-0.25, -0.2) is 15.0 Å². The van der Waals surface area contributed by atoms with Gasteiger partial charge in [-0.05, 0) is 44.7 Å². The van der Waals surface area contributed by atoms with Gasteiger partial charge in [-0.1, -0.05) is 30.3 Å². The van der Waals surface area contributed by atoms with Gasteiger partial charge in [0.25, 0.3) is 6.47 Å². The molecule has 31 heavy (non-hydrogen) atoms. The van der Waals surface area contributed by atoms with E-state index in [2.05, 4.69) is 56.8 Å². The van der Waals surface area contributed by atoms with E-state index in [9.17, 15) is 0 Å². The summed E-state index contributed by atoms with van der Waals surface area (Å²) in [6.07, 6.45) is 10.8. The fourth-order valence-corrected chi connectivity index (χ4v) is 5.02. The Morgan fingerprint density at radius 1 is 1.19 bits per heavy atom. The van der Waals surface area contributed by atoms with Crippen LogP contribution in [0.1, 0.15) is 43.1 Å². The number of nitrogens with zero attached hydrogens (tertiary/aromatic N) is 5. The molecule has 0 bridgehead atoms. The Morgan fingerprint density at radius 2 is 2.00 bits per heavy atom. The van der Waals surface area contributed by atoms with E-state index in [4.69, 9.17) is 14.9 Å². The van der Waals surface area contributed by atoms with E-state index < -0.39 is 0 Å². The summed E-state index contributed by atoms with van der Waals surface area (Å²) >= 11 is 0. The molecule has 1 aliphatic carbocycles. The van der Waals surface area contributed by atoms with Crippen molar-refractivity contribution in [3.05, 3.63) is 66.0 Å². The van der Waals surface area contributed by atoms with Crippen molar-refractivity contribution in [1.82, 2.24) is 24.4 Å². The molecule has 3 heterocycles. The molecular formula is C24H29N5O2. The molecule has 0 amide bonds. The first-order valence-corrected chi connectivity index (χ1v) is 10.9. The maximum absolute atomic E-state index is 8.36. The van der Waals surface area contributed by atoms with Crippen molar-refractivity contribution in [3.8, 4) is 11.4 Å². The van der Waals surface area contributed by atoms with E-state index in [0.717, 1.165) is 44.0 Å². The van der Waals surface area contributed by atoms with Crippen LogP contribution in [-0.2, 0) is 29.7 Å². The van der Waals surface area contributed by atoms with E-state index >= 15 is 0 Å². The summed E-state index contributed by atoms with van der Waals surface area (Å²) in [6, 6.07) is 10.4. The van der Waals surface area contributed by atoms with E-state index in [1.54, 1.807) is 0 Å². The lowest BCUT2D eigenvalue weighted by Gasteiger charge is -2.40. The summed E-state index contributed by atoms with van der Waals surface area (Å²) < 4.78 is 2.25. The summed E-state index contributed by atoms with van der Waals surface area (Å²) in [5, 5.41) is 6.89. The topological polar surface area (TPSA) is 84.1 Å². The molecular weight excluding hydrogens is 390 g/mol. The van der Waals surface area contributed by atoms with Gasteiger partial charge in [-0.2, -0.15) is 0 Å². The highest BCUT2D eigenvalue weighted by Gasteiger charge is 2.43. The van der Waals surface area contributed by atoms with Crippen molar-refractivity contribution in [2.45, 2.75) is 51.1 Å². The Balaban J connectivity index is 0.000000730. The lowest BCUT2D eigenvalue weighted by Crippen LogP contribution is -2.45. The molecule has 162 valence electrons. The van der Waals surface area contributed by atoms with Crippen molar-refractivity contribution in [3.63, 3.8) is 0 Å². The molecule has 1 N–H and O–H groups in total. The first-order chi connectivity index (χ1) is 15.2. The molecule has 1 spiro atoms. The first-order valence-electron chi connectivity index (χ1n) is 10.9. The molecule has 3 aromatic rings. The fraction of sp³-hybridized carbons (Fsp3) is 0.417. The van der Waals surface area contributed by atoms with Crippen LogP contribution in [0.3, 0.4) is 0 Å². The minimum Gasteiger partial charge on any atom is -0.483 e. The number of rotatable bonds is 4. The molecule has 5 rings (SSSR count). The van der Waals surface area contributed by atoms with E-state index in [1.165, 1.54) is 36.2 Å². The summed E-state index contributed by atoms with van der Waals surface area (Å²) in [6.45, 7) is 6.12. The second-order valence-corrected chi connectivity index (χ2v) is 8.30. The smallest absolute Gasteiger partial charge is 0.290 e. The highest BCUT2D eigenvalue weighted by atomic mass is 16.3. The van der Waals surface area contributed by atoms with E-state index in [1.807, 2.05) is 18.6 Å². The van der Waals surface area contributed by atoms with Crippen LogP contribution in [0.25, 0.3) is 11.4 Å². The molecule has 7 heteroatoms. The normalized spacial score (nSPS) is 20.2. The number of piperidine rings is 1. The number of aryl methyl sites for hydroxylation is 2. The number of carbonyl (C=O) groups is 1. The van der Waals surface area contributed by atoms with Crippen molar-refractivity contribution in [2.75, 3.05) is 13.1 Å². The van der Waals surface area contributed by atoms with E-state index in [0.29, 0.717) is 0 Å². The molecule has 7 nitrogen and oxygen atoms in total. The van der Waals surface area contributed by atoms with Crippen LogP contribution < -0.4 is 0 Å². The number of hydrogen-bond donors (Lipinski definition) is 1. The highest BCUT2D eigenvalue weighted by Crippen LogP contribution is 2.44. The largest absolute Gasteiger partial charge is 0.483 e. The molecule has 0 radical (unpaired) electrons. The number of likely N-dealkylation sites (tertiary alicyclic amines) is 1. The van der Waals surface area contributed by atoms with Gasteiger partial charge < -0.3 is 9.67 Å². The third kappa shape index (κ3) is 4.37. The number of fused-ring (bicyclic) bond motifs is 2. The van der Waals surface area contributed by atoms with Gasteiger partial charge in [0.1, 0.15) is 0 Å². The zero-order valence-electron chi connectivity index (χ0n) is 17.9. The Bertz CT molecular complexity index is 1020. The zero-order valence-corrected chi connectivity index (χ0v) is 17.9. The van der Waals surface area contributed by atoms with Gasteiger partial charge in [0.15, 0.2) is 5.82 Å². The molecule has 2 aromatic heterocycles. The SMILES string of the molecule is CCn1cncc1CN1CCCC2(CCc3cnc(-c4ccccc4)nc32)C1.O=CO. The van der Waals surface area contributed by atoms with Crippen LogP contribution in [0, 0.1) is 0 Å². The van der Waals surface area contributed by atoms with Crippen LogP contribution in [0.4, 0.5) is 0 Å². The average Bonchev–Trinajstić information content (AvgIpc) is 3.39. The third-order valence-electron chi connectivity index (χ3n) is 6.45. The van der Waals surface area contributed by atoms with Crippen molar-refractivity contribution < 1.29 is 9.90 Å². The Labute approximate surface area is 182 Å². The monoisotopic (exact) mass is 419 g/mol. The van der Waals surface area contributed by atoms with Gasteiger partial charge >= 0.3 is 0 Å². The lowest BCUT2D eigenvalue weighted by molar-refractivity contribution is -0.122. The second kappa shape index (κ2) is 9.39. The first kappa shape index (κ1) is 21.2. The van der Waals surface area contributed by atoms with Gasteiger partial charge in [0.2, 0.25) is 0 Å². The molecule has 1 fully saturated rings. The van der Waals surface area contributed by atoms with Crippen LogP contribution in [0.5, 0.6) is 0 Å². The van der Waals surface area contributed by atoms with Gasteiger partial charge in [0, 0.05) is 43.0 Å². The number of benzene rings is 1. The number of aromatic nitrogens is 4. The van der Waals surface area contributed by atoms with Gasteiger partial charge in [-0.3, -0.25) is 9.69 Å². The molecule has 1 aromatic carbocycles. The fourth-order valence-electron chi connectivity index (χ4n) is 5.02. The molecule has 1 saturated heterocycles. The summed E-state index contributed by atoms with van der Waals surface area (Å²) in [7, 11) is 0. The second-order valence-electron chi connectivity index (χ2n) is 8.30. The molecule has 1 unspecified atom stereocenters. The van der Waals surface area contributed by atoms with Crippen LogP contribution >= 0.6 is 0 Å². The van der Waals surface area contributed by atoms with Crippen molar-refractivity contribution >= 4 is 6.47 Å². The maximum Gasteiger partial charge on any atom is 0.290 e. The highest BCUT2D eigenvalue weighted by molar-refractivity contribution is 5.55. The van der Waals surface area contributed by atoms with Crippen LogP contribution in [0.15, 0.2) is 49.1 Å². The molecule has 0 saturated carbocycles. The third-order valence-corrected chi connectivity index (χ3v) is 6.45. The molecule has 1 aliphatic heterocycles. The van der Waals surface area contributed by atoms with Gasteiger partial charge in [0.05, 0.1) is 17.7 Å². The Hall–Kier alpha value is -3.06. The summed E-state index contributed by atoms with van der Waals surface area (Å²) in [5.74, 6) is 0.863. The number of imidazole rings is 1. The van der Waals surface area contributed by atoms with Crippen LogP contribution in [-0.4, -0.2) is 49.1 Å². The minimum absolute atomic E-state index is 0.178. The lowest BCUT2D eigenvalue weighted by atomic mass is 9.77. The predicted molar refractivity (Wildman–Crippen MR) is 119 cm³/mol. The Morgan fingerprint density at radius 3 is 2.77 bits per heavy atom. The number of carboxylic acid groups (broad SMARTS) is 1. The molecule has 1 atom stereocenters. The Kier molecular flexibility index (Phi) is 6.42. The predicted octanol–water partition coefficient (Wildman–Crippen LogP) is 3.54. The zero-order chi connectivity index (χ0) is 21.7. The quantitative estimate of drug-likeness (QED) is 0.651.